The molecule has 0 amide bonds. The predicted octanol–water partition coefficient (Wildman–Crippen LogP) is 2.05. The van der Waals surface area contributed by atoms with E-state index in [-0.39, 0.29) is 0 Å². The van der Waals surface area contributed by atoms with Gasteiger partial charge in [0.1, 0.15) is 0 Å². The number of hydrogen-bond donors (Lipinski definition) is 1. The van der Waals surface area contributed by atoms with Gasteiger partial charge in [-0.2, -0.15) is 5.10 Å². The van der Waals surface area contributed by atoms with E-state index in [1.807, 2.05) is 19.3 Å². The summed E-state index contributed by atoms with van der Waals surface area (Å²) in [5.41, 5.74) is 0.520. The first-order chi connectivity index (χ1) is 7.18. The Morgan fingerprint density at radius 3 is 2.53 bits per heavy atom. The minimum Gasteiger partial charge on any atom is -0.389 e. The summed E-state index contributed by atoms with van der Waals surface area (Å²) >= 11 is 0. The van der Waals surface area contributed by atoms with Gasteiger partial charge in [0.25, 0.3) is 0 Å². The number of nitrogens with zero attached hydrogens (tertiary/aromatic N) is 2. The van der Waals surface area contributed by atoms with E-state index in [4.69, 9.17) is 0 Å². The van der Waals surface area contributed by atoms with Crippen molar-refractivity contribution in [2.24, 2.45) is 7.05 Å². The van der Waals surface area contributed by atoms with Crippen LogP contribution in [0.3, 0.4) is 0 Å². The van der Waals surface area contributed by atoms with Crippen molar-refractivity contribution in [3.8, 4) is 0 Å². The average Bonchev–Trinajstić information content (AvgIpc) is 2.46. The Labute approximate surface area is 91.1 Å². The highest BCUT2D eigenvalue weighted by Gasteiger charge is 2.28. The first-order valence-corrected chi connectivity index (χ1v) is 5.89. The Hall–Kier alpha value is -0.830. The summed E-state index contributed by atoms with van der Waals surface area (Å²) in [5.74, 6) is 0. The Morgan fingerprint density at radius 1 is 1.33 bits per heavy atom. The van der Waals surface area contributed by atoms with Gasteiger partial charge in [0, 0.05) is 19.7 Å². The highest BCUT2D eigenvalue weighted by molar-refractivity contribution is 5.04. The molecule has 0 atom stereocenters. The SMILES string of the molecule is Cn1ccc(CC2(O)CCCCCC2)n1. The molecule has 0 saturated heterocycles. The van der Waals surface area contributed by atoms with Gasteiger partial charge in [0.15, 0.2) is 0 Å². The summed E-state index contributed by atoms with van der Waals surface area (Å²) in [6, 6.07) is 2.00. The van der Waals surface area contributed by atoms with Crippen molar-refractivity contribution in [3.05, 3.63) is 18.0 Å². The molecule has 0 radical (unpaired) electrons. The molecule has 2 rings (SSSR count). The molecular weight excluding hydrogens is 188 g/mol. The number of rotatable bonds is 2. The van der Waals surface area contributed by atoms with Gasteiger partial charge in [0.05, 0.1) is 11.3 Å². The van der Waals surface area contributed by atoms with E-state index in [9.17, 15) is 5.11 Å². The van der Waals surface area contributed by atoms with Gasteiger partial charge >= 0.3 is 0 Å². The van der Waals surface area contributed by atoms with Gasteiger partial charge in [0.2, 0.25) is 0 Å². The number of aliphatic hydroxyl groups is 1. The minimum absolute atomic E-state index is 0.495. The van der Waals surface area contributed by atoms with Gasteiger partial charge in [-0.15, -0.1) is 0 Å². The van der Waals surface area contributed by atoms with Gasteiger partial charge in [-0.05, 0) is 18.9 Å². The summed E-state index contributed by atoms with van der Waals surface area (Å²) in [4.78, 5) is 0. The third-order valence-corrected chi connectivity index (χ3v) is 3.31. The fourth-order valence-corrected chi connectivity index (χ4v) is 2.46. The molecule has 15 heavy (non-hydrogen) atoms. The standard InChI is InChI=1S/C12H20N2O/c1-14-9-6-11(13-14)10-12(15)7-4-2-3-5-8-12/h6,9,15H,2-5,7-8,10H2,1H3. The largest absolute Gasteiger partial charge is 0.389 e. The van der Waals surface area contributed by atoms with Crippen LogP contribution in [0.2, 0.25) is 0 Å². The second-order valence-electron chi connectivity index (χ2n) is 4.80. The summed E-state index contributed by atoms with van der Waals surface area (Å²) in [7, 11) is 1.92. The van der Waals surface area contributed by atoms with Crippen molar-refractivity contribution < 1.29 is 5.11 Å². The Kier molecular flexibility index (Phi) is 3.10. The van der Waals surface area contributed by atoms with Gasteiger partial charge in [-0.25, -0.2) is 0 Å². The van der Waals surface area contributed by atoms with Crippen LogP contribution in [-0.4, -0.2) is 20.5 Å². The highest BCUT2D eigenvalue weighted by Crippen LogP contribution is 2.29. The maximum absolute atomic E-state index is 10.5. The molecule has 0 unspecified atom stereocenters. The molecule has 1 aromatic heterocycles. The summed E-state index contributed by atoms with van der Waals surface area (Å²) in [6.07, 6.45) is 9.37. The van der Waals surface area contributed by atoms with Gasteiger partial charge in [-0.1, -0.05) is 25.7 Å². The lowest BCUT2D eigenvalue weighted by Gasteiger charge is -2.25. The first kappa shape index (κ1) is 10.7. The predicted molar refractivity (Wildman–Crippen MR) is 59.6 cm³/mol. The number of hydrogen-bond acceptors (Lipinski definition) is 2. The van der Waals surface area contributed by atoms with Crippen LogP contribution in [0.5, 0.6) is 0 Å². The summed E-state index contributed by atoms with van der Waals surface area (Å²) in [6.45, 7) is 0. The molecule has 0 bridgehead atoms. The highest BCUT2D eigenvalue weighted by atomic mass is 16.3. The first-order valence-electron chi connectivity index (χ1n) is 5.89. The molecule has 1 fully saturated rings. The smallest absolute Gasteiger partial charge is 0.0703 e. The maximum atomic E-state index is 10.5. The molecule has 1 aliphatic rings. The Bertz CT molecular complexity index is 311. The number of aromatic nitrogens is 2. The zero-order valence-corrected chi connectivity index (χ0v) is 9.45. The van der Waals surface area contributed by atoms with E-state index in [2.05, 4.69) is 5.10 Å². The van der Waals surface area contributed by atoms with E-state index in [0.29, 0.717) is 6.42 Å². The van der Waals surface area contributed by atoms with E-state index in [1.165, 1.54) is 12.8 Å². The molecule has 1 saturated carbocycles. The lowest BCUT2D eigenvalue weighted by molar-refractivity contribution is 0.0242. The molecule has 3 heteroatoms. The molecule has 0 spiro atoms. The van der Waals surface area contributed by atoms with E-state index < -0.39 is 5.60 Å². The van der Waals surface area contributed by atoms with E-state index >= 15 is 0 Å². The molecule has 3 nitrogen and oxygen atoms in total. The van der Waals surface area contributed by atoms with Crippen LogP contribution >= 0.6 is 0 Å². The van der Waals surface area contributed by atoms with Crippen molar-refractivity contribution in [2.45, 2.75) is 50.5 Å². The van der Waals surface area contributed by atoms with E-state index in [0.717, 1.165) is 31.4 Å². The molecule has 1 heterocycles. The van der Waals surface area contributed by atoms with Crippen molar-refractivity contribution >= 4 is 0 Å². The second kappa shape index (κ2) is 4.35. The molecular formula is C12H20N2O. The zero-order chi connectivity index (χ0) is 10.7. The van der Waals surface area contributed by atoms with Crippen LogP contribution in [-0.2, 0) is 13.5 Å². The fourth-order valence-electron chi connectivity index (χ4n) is 2.46. The van der Waals surface area contributed by atoms with Crippen LogP contribution < -0.4 is 0 Å². The molecule has 0 aliphatic heterocycles. The third kappa shape index (κ3) is 2.81. The monoisotopic (exact) mass is 208 g/mol. The van der Waals surface area contributed by atoms with Crippen LogP contribution in [0.1, 0.15) is 44.2 Å². The molecule has 1 aromatic rings. The second-order valence-corrected chi connectivity index (χ2v) is 4.80. The van der Waals surface area contributed by atoms with Crippen LogP contribution in [0.4, 0.5) is 0 Å². The van der Waals surface area contributed by atoms with E-state index in [1.54, 1.807) is 4.68 Å². The van der Waals surface area contributed by atoms with Gasteiger partial charge in [-0.3, -0.25) is 4.68 Å². The maximum Gasteiger partial charge on any atom is 0.0703 e. The fraction of sp³-hybridized carbons (Fsp3) is 0.750. The lowest BCUT2D eigenvalue weighted by atomic mass is 9.89. The topological polar surface area (TPSA) is 38.0 Å². The third-order valence-electron chi connectivity index (χ3n) is 3.31. The van der Waals surface area contributed by atoms with Crippen molar-refractivity contribution in [1.29, 1.82) is 0 Å². The van der Waals surface area contributed by atoms with Crippen molar-refractivity contribution in [3.63, 3.8) is 0 Å². The lowest BCUT2D eigenvalue weighted by Crippen LogP contribution is -2.30. The van der Waals surface area contributed by atoms with Crippen LogP contribution in [0.25, 0.3) is 0 Å². The van der Waals surface area contributed by atoms with Crippen LogP contribution in [0, 0.1) is 0 Å². The summed E-state index contributed by atoms with van der Waals surface area (Å²) < 4.78 is 1.80. The summed E-state index contributed by atoms with van der Waals surface area (Å²) in [5, 5.41) is 14.8. The molecule has 0 aromatic carbocycles. The van der Waals surface area contributed by atoms with Crippen molar-refractivity contribution in [1.82, 2.24) is 9.78 Å². The van der Waals surface area contributed by atoms with Crippen LogP contribution in [0.15, 0.2) is 12.3 Å². The Morgan fingerprint density at radius 2 is 2.00 bits per heavy atom. The quantitative estimate of drug-likeness (QED) is 0.755. The number of aryl methyl sites for hydroxylation is 1. The normalized spacial score (nSPS) is 21.2. The van der Waals surface area contributed by atoms with Crippen molar-refractivity contribution in [2.75, 3.05) is 0 Å². The average molecular weight is 208 g/mol. The molecule has 1 N–H and O–H groups in total. The molecule has 84 valence electrons. The minimum atomic E-state index is -0.495. The zero-order valence-electron chi connectivity index (χ0n) is 9.45. The Balaban J connectivity index is 2.02. The van der Waals surface area contributed by atoms with Gasteiger partial charge < -0.3 is 5.11 Å². The molecule has 1 aliphatic carbocycles.